The van der Waals surface area contributed by atoms with Gasteiger partial charge in [-0.1, -0.05) is 18.2 Å². The van der Waals surface area contributed by atoms with E-state index in [1.165, 1.54) is 12.1 Å². The van der Waals surface area contributed by atoms with E-state index < -0.39 is 17.3 Å². The third-order valence-electron chi connectivity index (χ3n) is 5.49. The van der Waals surface area contributed by atoms with Crippen LogP contribution in [0.5, 0.6) is 0 Å². The van der Waals surface area contributed by atoms with E-state index in [0.717, 1.165) is 32.0 Å². The Morgan fingerprint density at radius 3 is 2.48 bits per heavy atom. The van der Waals surface area contributed by atoms with Crippen molar-refractivity contribution in [3.05, 3.63) is 35.4 Å². The third kappa shape index (κ3) is 2.73. The van der Waals surface area contributed by atoms with Crippen LogP contribution in [-0.4, -0.2) is 24.5 Å². The molecule has 124 valence electrons. The van der Waals surface area contributed by atoms with Crippen molar-refractivity contribution in [1.82, 2.24) is 10.6 Å². The topological polar surface area (TPSA) is 41.1 Å². The van der Waals surface area contributed by atoms with Gasteiger partial charge in [0.15, 0.2) is 0 Å². The van der Waals surface area contributed by atoms with Crippen molar-refractivity contribution in [2.75, 3.05) is 13.1 Å². The number of benzene rings is 1. The molecule has 2 unspecified atom stereocenters. The van der Waals surface area contributed by atoms with Gasteiger partial charge in [-0.2, -0.15) is 13.2 Å². The molecule has 0 bridgehead atoms. The molecule has 3 atom stereocenters. The van der Waals surface area contributed by atoms with Crippen molar-refractivity contribution < 1.29 is 18.0 Å². The number of alkyl halides is 3. The molecule has 2 saturated carbocycles. The fourth-order valence-electron chi connectivity index (χ4n) is 3.96. The van der Waals surface area contributed by atoms with E-state index in [4.69, 9.17) is 0 Å². The lowest BCUT2D eigenvalue weighted by Crippen LogP contribution is -2.41. The molecule has 3 aliphatic rings. The van der Waals surface area contributed by atoms with E-state index in [9.17, 15) is 18.0 Å². The fourth-order valence-corrected chi connectivity index (χ4v) is 3.96. The summed E-state index contributed by atoms with van der Waals surface area (Å²) < 4.78 is 39.3. The van der Waals surface area contributed by atoms with E-state index in [0.29, 0.717) is 11.8 Å². The van der Waals surface area contributed by atoms with Crippen LogP contribution in [0.4, 0.5) is 13.2 Å². The Morgan fingerprint density at radius 2 is 1.87 bits per heavy atom. The first-order valence-corrected chi connectivity index (χ1v) is 8.07. The number of piperidine rings is 1. The minimum absolute atomic E-state index is 0.0310. The average Bonchev–Trinajstić information content (AvgIpc) is 3.35. The lowest BCUT2D eigenvalue weighted by molar-refractivity contribution is -0.138. The van der Waals surface area contributed by atoms with Crippen LogP contribution in [0.3, 0.4) is 0 Å². The second kappa shape index (κ2) is 4.97. The first-order chi connectivity index (χ1) is 10.9. The fraction of sp³-hybridized carbons (Fsp3) is 0.588. The molecule has 0 spiro atoms. The molecule has 2 aliphatic carbocycles. The van der Waals surface area contributed by atoms with Gasteiger partial charge in [0.25, 0.3) is 0 Å². The highest BCUT2D eigenvalue weighted by Gasteiger charge is 2.58. The van der Waals surface area contributed by atoms with Crippen molar-refractivity contribution in [1.29, 1.82) is 0 Å². The minimum Gasteiger partial charge on any atom is -0.350 e. The highest BCUT2D eigenvalue weighted by molar-refractivity contribution is 5.83. The van der Waals surface area contributed by atoms with E-state index in [2.05, 4.69) is 10.6 Å². The van der Waals surface area contributed by atoms with Crippen LogP contribution < -0.4 is 10.6 Å². The Bertz CT molecular complexity index is 629. The number of halogens is 3. The predicted molar refractivity (Wildman–Crippen MR) is 78.6 cm³/mol. The highest BCUT2D eigenvalue weighted by Crippen LogP contribution is 2.50. The van der Waals surface area contributed by atoms with E-state index in [1.54, 1.807) is 6.07 Å². The average molecular weight is 324 g/mol. The summed E-state index contributed by atoms with van der Waals surface area (Å²) in [4.78, 5) is 12.4. The molecule has 3 nitrogen and oxygen atoms in total. The molecule has 0 radical (unpaired) electrons. The number of nitrogens with one attached hydrogen (secondary N) is 2. The molecular weight excluding hydrogens is 305 g/mol. The summed E-state index contributed by atoms with van der Waals surface area (Å²) in [5, 5.41) is 6.30. The van der Waals surface area contributed by atoms with Gasteiger partial charge in [-0.25, -0.2) is 0 Å². The van der Waals surface area contributed by atoms with Crippen molar-refractivity contribution >= 4 is 5.91 Å². The normalized spacial score (nSPS) is 30.7. The van der Waals surface area contributed by atoms with Crippen LogP contribution >= 0.6 is 0 Å². The molecule has 1 amide bonds. The quantitative estimate of drug-likeness (QED) is 0.893. The maximum absolute atomic E-state index is 13.1. The minimum atomic E-state index is -4.35. The number of amides is 1. The maximum Gasteiger partial charge on any atom is 0.416 e. The van der Waals surface area contributed by atoms with Gasteiger partial charge in [0, 0.05) is 11.5 Å². The standard InChI is InChI=1S/C17H19F3N2O/c18-17(19,20)13-4-2-1-3-10(13)7-16(5-6-16)22-15(23)14-11-8-21-9-12(11)14/h1-4,11-12,14,21H,5-9H2,(H,22,23)/t11-,12?,14?/m0/s1. The number of carbonyl (C=O) groups excluding carboxylic acids is 1. The monoisotopic (exact) mass is 324 g/mol. The molecular formula is C17H19F3N2O. The van der Waals surface area contributed by atoms with Gasteiger partial charge in [0.2, 0.25) is 5.91 Å². The summed E-state index contributed by atoms with van der Waals surface area (Å²) in [6.45, 7) is 1.76. The lowest BCUT2D eigenvalue weighted by Gasteiger charge is -2.21. The zero-order valence-electron chi connectivity index (χ0n) is 12.6. The Labute approximate surface area is 132 Å². The Morgan fingerprint density at radius 1 is 1.22 bits per heavy atom. The predicted octanol–water partition coefficient (Wildman–Crippen LogP) is 2.36. The highest BCUT2D eigenvalue weighted by atomic mass is 19.4. The second-order valence-corrected chi connectivity index (χ2v) is 7.11. The Balaban J connectivity index is 1.46. The summed E-state index contributed by atoms with van der Waals surface area (Å²) in [7, 11) is 0. The molecule has 1 aromatic carbocycles. The van der Waals surface area contributed by atoms with Crippen LogP contribution in [0.25, 0.3) is 0 Å². The van der Waals surface area contributed by atoms with Gasteiger partial charge in [-0.3, -0.25) is 4.79 Å². The molecule has 4 rings (SSSR count). The number of hydrogen-bond donors (Lipinski definition) is 2. The van der Waals surface area contributed by atoms with E-state index in [-0.39, 0.29) is 23.8 Å². The summed E-state index contributed by atoms with van der Waals surface area (Å²) in [5.41, 5.74) is -0.786. The van der Waals surface area contributed by atoms with Gasteiger partial charge in [0.05, 0.1) is 5.56 Å². The molecule has 1 aliphatic heterocycles. The van der Waals surface area contributed by atoms with Gasteiger partial charge < -0.3 is 10.6 Å². The zero-order chi connectivity index (χ0) is 16.2. The molecule has 1 aromatic rings. The Kier molecular flexibility index (Phi) is 3.24. The SMILES string of the molecule is O=C(NC1(Cc2ccccc2C(F)(F)F)CC1)C1C2CNC[C@@H]21. The number of carbonyl (C=O) groups is 1. The number of rotatable bonds is 4. The summed E-state index contributed by atoms with van der Waals surface area (Å²) in [6, 6.07) is 5.66. The number of fused-ring (bicyclic) bond motifs is 1. The Hall–Kier alpha value is -1.56. The molecule has 23 heavy (non-hydrogen) atoms. The van der Waals surface area contributed by atoms with Crippen LogP contribution in [0, 0.1) is 17.8 Å². The smallest absolute Gasteiger partial charge is 0.350 e. The molecule has 3 fully saturated rings. The van der Waals surface area contributed by atoms with Crippen molar-refractivity contribution in [3.63, 3.8) is 0 Å². The van der Waals surface area contributed by atoms with Crippen molar-refractivity contribution in [2.24, 2.45) is 17.8 Å². The molecule has 1 heterocycles. The zero-order valence-corrected chi connectivity index (χ0v) is 12.6. The first kappa shape index (κ1) is 15.0. The van der Waals surface area contributed by atoms with Gasteiger partial charge in [-0.05, 0) is 55.8 Å². The van der Waals surface area contributed by atoms with Crippen molar-refractivity contribution in [3.8, 4) is 0 Å². The lowest BCUT2D eigenvalue weighted by atomic mass is 9.98. The van der Waals surface area contributed by atoms with Crippen LogP contribution in [0.2, 0.25) is 0 Å². The van der Waals surface area contributed by atoms with E-state index >= 15 is 0 Å². The molecule has 6 heteroatoms. The van der Waals surface area contributed by atoms with Gasteiger partial charge in [0.1, 0.15) is 0 Å². The van der Waals surface area contributed by atoms with Crippen LogP contribution in [0.1, 0.15) is 24.0 Å². The molecule has 1 saturated heterocycles. The summed E-state index contributed by atoms with van der Waals surface area (Å²) in [6.07, 6.45) is -2.58. The second-order valence-electron chi connectivity index (χ2n) is 7.11. The largest absolute Gasteiger partial charge is 0.416 e. The summed E-state index contributed by atoms with van der Waals surface area (Å²) >= 11 is 0. The number of hydrogen-bond acceptors (Lipinski definition) is 2. The van der Waals surface area contributed by atoms with E-state index in [1.807, 2.05) is 0 Å². The van der Waals surface area contributed by atoms with Gasteiger partial charge >= 0.3 is 6.18 Å². The summed E-state index contributed by atoms with van der Waals surface area (Å²) in [5.74, 6) is 0.941. The first-order valence-electron chi connectivity index (χ1n) is 8.07. The third-order valence-corrected chi connectivity index (χ3v) is 5.49. The maximum atomic E-state index is 13.1. The van der Waals surface area contributed by atoms with Crippen LogP contribution in [0.15, 0.2) is 24.3 Å². The molecule has 0 aromatic heterocycles. The molecule has 2 N–H and O–H groups in total. The van der Waals surface area contributed by atoms with Crippen molar-refractivity contribution in [2.45, 2.75) is 31.0 Å². The van der Waals surface area contributed by atoms with Gasteiger partial charge in [-0.15, -0.1) is 0 Å². The van der Waals surface area contributed by atoms with Crippen LogP contribution in [-0.2, 0) is 17.4 Å².